The third-order valence-electron chi connectivity index (χ3n) is 8.09. The Morgan fingerprint density at radius 2 is 1.88 bits per heavy atom. The maximum atomic E-state index is 15.6. The zero-order chi connectivity index (χ0) is 29.1. The Labute approximate surface area is 232 Å². The summed E-state index contributed by atoms with van der Waals surface area (Å²) < 4.78 is 57.3. The van der Waals surface area contributed by atoms with Crippen LogP contribution in [-0.4, -0.2) is 42.9 Å². The number of fused-ring (bicyclic) bond motifs is 2. The SMILES string of the molecule is CC(O)(c1cccc(C(F)(F)F)c1)c1ccc(-c2nc([C@@H]3CC[C@H]4C=CCC(=O)N4C3)n3ccnc(N)c23)cc1F. The van der Waals surface area contributed by atoms with Gasteiger partial charge in [-0.3, -0.25) is 9.20 Å². The lowest BCUT2D eigenvalue weighted by Crippen LogP contribution is -2.47. The van der Waals surface area contributed by atoms with Crippen molar-refractivity contribution in [1.82, 2.24) is 19.3 Å². The van der Waals surface area contributed by atoms with Crippen LogP contribution in [0.2, 0.25) is 0 Å². The molecule has 1 saturated heterocycles. The number of rotatable bonds is 4. The molecule has 3 atom stereocenters. The third kappa shape index (κ3) is 4.63. The van der Waals surface area contributed by atoms with Crippen LogP contribution in [0.1, 0.15) is 54.6 Å². The van der Waals surface area contributed by atoms with E-state index in [-0.39, 0.29) is 34.8 Å². The standard InChI is InChI=1S/C30H27F4N5O2/c1-29(41,19-4-2-5-20(15-19)30(32,33)34)22-11-9-17(14-23(22)31)25-26-27(35)36-12-13-38(26)28(37-25)18-8-10-21-6-3-7-24(40)39(21)16-18/h2-6,9,11-15,18,21,41H,7-8,10,16H2,1H3,(H2,35,36)/t18-,21-,29?/m1/s1. The highest BCUT2D eigenvalue weighted by Crippen LogP contribution is 2.39. The molecule has 212 valence electrons. The summed E-state index contributed by atoms with van der Waals surface area (Å²) in [4.78, 5) is 23.5. The van der Waals surface area contributed by atoms with Crippen LogP contribution in [0.5, 0.6) is 0 Å². The first kappa shape index (κ1) is 26.9. The molecule has 7 nitrogen and oxygen atoms in total. The van der Waals surface area contributed by atoms with Gasteiger partial charge in [0.15, 0.2) is 0 Å². The smallest absolute Gasteiger partial charge is 0.382 e. The Morgan fingerprint density at radius 3 is 2.63 bits per heavy atom. The number of aromatic nitrogens is 3. The Hall–Kier alpha value is -4.25. The highest BCUT2D eigenvalue weighted by atomic mass is 19.4. The highest BCUT2D eigenvalue weighted by Gasteiger charge is 2.36. The summed E-state index contributed by atoms with van der Waals surface area (Å²) in [6, 6.07) is 8.34. The van der Waals surface area contributed by atoms with Gasteiger partial charge in [-0.05, 0) is 43.5 Å². The molecule has 6 rings (SSSR count). The summed E-state index contributed by atoms with van der Waals surface area (Å²) in [5.41, 5.74) is 4.20. The molecule has 1 unspecified atom stereocenters. The monoisotopic (exact) mass is 565 g/mol. The molecule has 0 aliphatic carbocycles. The lowest BCUT2D eigenvalue weighted by molar-refractivity contribution is -0.137. The summed E-state index contributed by atoms with van der Waals surface area (Å²) in [5, 5.41) is 11.2. The van der Waals surface area contributed by atoms with Crippen LogP contribution >= 0.6 is 0 Å². The van der Waals surface area contributed by atoms with Gasteiger partial charge in [0.1, 0.15) is 34.3 Å². The van der Waals surface area contributed by atoms with Crippen molar-refractivity contribution < 1.29 is 27.5 Å². The lowest BCUT2D eigenvalue weighted by Gasteiger charge is -2.39. The number of hydrogen-bond donors (Lipinski definition) is 2. The van der Waals surface area contributed by atoms with Gasteiger partial charge in [0.05, 0.1) is 11.6 Å². The number of nitrogens with zero attached hydrogens (tertiary/aromatic N) is 4. The van der Waals surface area contributed by atoms with Gasteiger partial charge in [-0.25, -0.2) is 14.4 Å². The fraction of sp³-hybridized carbons (Fsp3) is 0.300. The molecule has 3 N–H and O–H groups in total. The van der Waals surface area contributed by atoms with Crippen LogP contribution in [0.25, 0.3) is 16.8 Å². The Morgan fingerprint density at radius 1 is 1.10 bits per heavy atom. The molecule has 0 bridgehead atoms. The van der Waals surface area contributed by atoms with Gasteiger partial charge in [-0.2, -0.15) is 13.2 Å². The summed E-state index contributed by atoms with van der Waals surface area (Å²) >= 11 is 0. The van der Waals surface area contributed by atoms with Gasteiger partial charge in [-0.15, -0.1) is 0 Å². The molecular formula is C30H27F4N5O2. The van der Waals surface area contributed by atoms with Crippen LogP contribution in [0.15, 0.2) is 67.0 Å². The molecule has 4 aromatic rings. The number of hydrogen-bond acceptors (Lipinski definition) is 5. The predicted octanol–water partition coefficient (Wildman–Crippen LogP) is 5.43. The first-order valence-electron chi connectivity index (χ1n) is 13.2. The van der Waals surface area contributed by atoms with E-state index in [2.05, 4.69) is 11.1 Å². The maximum Gasteiger partial charge on any atom is 0.416 e. The molecule has 41 heavy (non-hydrogen) atoms. The molecule has 0 spiro atoms. The van der Waals surface area contributed by atoms with Crippen molar-refractivity contribution in [2.75, 3.05) is 12.3 Å². The van der Waals surface area contributed by atoms with Crippen molar-refractivity contribution in [3.63, 3.8) is 0 Å². The minimum atomic E-state index is -4.61. The minimum Gasteiger partial charge on any atom is -0.382 e. The maximum absolute atomic E-state index is 15.6. The average Bonchev–Trinajstić information content (AvgIpc) is 3.34. The van der Waals surface area contributed by atoms with Crippen molar-refractivity contribution >= 4 is 17.2 Å². The molecule has 2 aliphatic heterocycles. The van der Waals surface area contributed by atoms with E-state index in [4.69, 9.17) is 10.7 Å². The van der Waals surface area contributed by atoms with Crippen LogP contribution in [-0.2, 0) is 16.6 Å². The Bertz CT molecular complexity index is 1690. The summed E-state index contributed by atoms with van der Waals surface area (Å²) in [6.45, 7) is 1.74. The van der Waals surface area contributed by atoms with Crippen molar-refractivity contribution in [1.29, 1.82) is 0 Å². The third-order valence-corrected chi connectivity index (χ3v) is 8.09. The van der Waals surface area contributed by atoms with Crippen LogP contribution < -0.4 is 5.73 Å². The molecule has 4 heterocycles. The number of carbonyl (C=O) groups excluding carboxylic acids is 1. The first-order chi connectivity index (χ1) is 19.4. The van der Waals surface area contributed by atoms with Crippen LogP contribution in [0.3, 0.4) is 0 Å². The number of carbonyl (C=O) groups is 1. The van der Waals surface area contributed by atoms with E-state index in [9.17, 15) is 23.1 Å². The topological polar surface area (TPSA) is 96.8 Å². The summed E-state index contributed by atoms with van der Waals surface area (Å²) in [6.07, 6.45) is 4.56. The van der Waals surface area contributed by atoms with Gasteiger partial charge in [0.25, 0.3) is 0 Å². The van der Waals surface area contributed by atoms with Gasteiger partial charge in [0.2, 0.25) is 5.91 Å². The fourth-order valence-corrected chi connectivity index (χ4v) is 5.92. The zero-order valence-corrected chi connectivity index (χ0v) is 22.1. The van der Waals surface area contributed by atoms with Crippen molar-refractivity contribution in [2.45, 2.75) is 49.9 Å². The van der Waals surface area contributed by atoms with E-state index < -0.39 is 23.2 Å². The highest BCUT2D eigenvalue weighted by molar-refractivity contribution is 5.85. The number of halogens is 4. The lowest BCUT2D eigenvalue weighted by atomic mass is 9.86. The number of aliphatic hydroxyl groups is 1. The summed E-state index contributed by atoms with van der Waals surface area (Å²) in [5.74, 6) is 0.0180. The molecule has 1 fully saturated rings. The van der Waals surface area contributed by atoms with Crippen LogP contribution in [0, 0.1) is 5.82 Å². The van der Waals surface area contributed by atoms with Crippen molar-refractivity contribution in [2.24, 2.45) is 0 Å². The molecule has 11 heteroatoms. The van der Waals surface area contributed by atoms with E-state index in [0.29, 0.717) is 35.6 Å². The predicted molar refractivity (Wildman–Crippen MR) is 144 cm³/mol. The number of benzene rings is 2. The van der Waals surface area contributed by atoms with Crippen molar-refractivity contribution in [3.8, 4) is 11.3 Å². The van der Waals surface area contributed by atoms with E-state index in [1.807, 2.05) is 15.4 Å². The van der Waals surface area contributed by atoms with E-state index >= 15 is 4.39 Å². The number of imidazole rings is 1. The second-order valence-corrected chi connectivity index (χ2v) is 10.7. The van der Waals surface area contributed by atoms with Gasteiger partial charge in [0, 0.05) is 42.4 Å². The van der Waals surface area contributed by atoms with E-state index in [0.717, 1.165) is 25.0 Å². The number of nitrogen functional groups attached to an aromatic ring is 1. The van der Waals surface area contributed by atoms with Crippen LogP contribution in [0.4, 0.5) is 23.4 Å². The number of amides is 1. The molecule has 2 aromatic heterocycles. The molecule has 2 aromatic carbocycles. The number of piperidine rings is 1. The fourth-order valence-electron chi connectivity index (χ4n) is 5.92. The van der Waals surface area contributed by atoms with Gasteiger partial charge < -0.3 is 15.7 Å². The molecule has 0 saturated carbocycles. The number of nitrogens with two attached hydrogens (primary N) is 1. The van der Waals surface area contributed by atoms with E-state index in [1.165, 1.54) is 31.2 Å². The average molecular weight is 566 g/mol. The normalized spacial score (nSPS) is 20.7. The second kappa shape index (κ2) is 9.69. The zero-order valence-electron chi connectivity index (χ0n) is 22.1. The second-order valence-electron chi connectivity index (χ2n) is 10.7. The van der Waals surface area contributed by atoms with Crippen molar-refractivity contribution in [3.05, 3.63) is 95.3 Å². The quantitative estimate of drug-likeness (QED) is 0.254. The molecule has 0 radical (unpaired) electrons. The number of anilines is 1. The molecule has 2 aliphatic rings. The first-order valence-corrected chi connectivity index (χ1v) is 13.2. The molecule has 1 amide bonds. The Balaban J connectivity index is 1.39. The van der Waals surface area contributed by atoms with Gasteiger partial charge >= 0.3 is 6.18 Å². The largest absolute Gasteiger partial charge is 0.416 e. The van der Waals surface area contributed by atoms with E-state index in [1.54, 1.807) is 18.5 Å². The summed E-state index contributed by atoms with van der Waals surface area (Å²) in [7, 11) is 0. The minimum absolute atomic E-state index is 0.0648. The van der Waals surface area contributed by atoms with Gasteiger partial charge in [-0.1, -0.05) is 36.4 Å². The molecular weight excluding hydrogens is 538 g/mol. The Kier molecular flexibility index (Phi) is 6.37. The number of alkyl halides is 3.